The smallest absolute Gasteiger partial charge is 0.128 e. The van der Waals surface area contributed by atoms with Crippen LogP contribution in [0.5, 0.6) is 0 Å². The predicted molar refractivity (Wildman–Crippen MR) is 68.2 cm³/mol. The maximum Gasteiger partial charge on any atom is 0.128 e. The zero-order chi connectivity index (χ0) is 10.8. The van der Waals surface area contributed by atoms with Crippen LogP contribution in [0.25, 0.3) is 0 Å². The molecule has 0 amide bonds. The molecule has 0 atom stereocenters. The van der Waals surface area contributed by atoms with Gasteiger partial charge in [0.1, 0.15) is 4.60 Å². The molecule has 0 radical (unpaired) electrons. The van der Waals surface area contributed by atoms with E-state index >= 15 is 0 Å². The van der Waals surface area contributed by atoms with Crippen LogP contribution in [0.3, 0.4) is 0 Å². The third kappa shape index (κ3) is 2.83. The zero-order valence-electron chi connectivity index (χ0n) is 7.62. The summed E-state index contributed by atoms with van der Waals surface area (Å²) in [6.07, 6.45) is 1.91. The molecule has 0 aliphatic heterocycles. The second-order valence-corrected chi connectivity index (χ2v) is 5.21. The summed E-state index contributed by atoms with van der Waals surface area (Å²) in [7, 11) is 0. The maximum atomic E-state index is 6.10. The van der Waals surface area contributed by atoms with E-state index in [1.165, 1.54) is 0 Å². The highest BCUT2D eigenvalue weighted by Crippen LogP contribution is 2.22. The highest BCUT2D eigenvalue weighted by molar-refractivity contribution is 9.10. The Kier molecular flexibility index (Phi) is 3.49. The Balaban J connectivity index is 2.24. The molecule has 1 aromatic heterocycles. The first-order chi connectivity index (χ1) is 7.15. The number of nitrogens with zero attached hydrogens (tertiary/aromatic N) is 2. The highest BCUT2D eigenvalue weighted by atomic mass is 79.9. The molecule has 5 heteroatoms. The molecule has 0 aliphatic carbocycles. The molecule has 0 fully saturated rings. The summed E-state index contributed by atoms with van der Waals surface area (Å²) in [6.45, 7) is 0.678. The quantitative estimate of drug-likeness (QED) is 0.797. The van der Waals surface area contributed by atoms with E-state index in [0.717, 1.165) is 19.7 Å². The molecule has 1 heterocycles. The molecular weight excluding hydrogens is 343 g/mol. The van der Waals surface area contributed by atoms with Crippen molar-refractivity contribution in [3.05, 3.63) is 50.1 Å². The molecule has 78 valence electrons. The van der Waals surface area contributed by atoms with Gasteiger partial charge in [-0.05, 0) is 39.7 Å². The summed E-state index contributed by atoms with van der Waals surface area (Å²) in [5.41, 5.74) is 1.05. The Morgan fingerprint density at radius 1 is 1.27 bits per heavy atom. The molecule has 0 N–H and O–H groups in total. The van der Waals surface area contributed by atoms with Crippen molar-refractivity contribution >= 4 is 43.5 Å². The minimum absolute atomic E-state index is 0.678. The molecule has 0 unspecified atom stereocenters. The normalized spacial score (nSPS) is 10.6. The van der Waals surface area contributed by atoms with Crippen LogP contribution in [0.4, 0.5) is 0 Å². The Morgan fingerprint density at radius 2 is 2.07 bits per heavy atom. The van der Waals surface area contributed by atoms with Crippen molar-refractivity contribution in [3.8, 4) is 0 Å². The molecule has 2 aromatic rings. The second kappa shape index (κ2) is 4.68. The largest absolute Gasteiger partial charge is 0.267 e. The number of aromatic nitrogens is 2. The molecule has 2 nitrogen and oxygen atoms in total. The average molecular weight is 350 g/mol. The van der Waals surface area contributed by atoms with Crippen LogP contribution in [0.15, 0.2) is 39.5 Å². The van der Waals surface area contributed by atoms with E-state index in [0.29, 0.717) is 6.54 Å². The van der Waals surface area contributed by atoms with E-state index in [4.69, 9.17) is 11.6 Å². The fraction of sp³-hybridized carbons (Fsp3) is 0.100. The molecule has 0 aliphatic rings. The van der Waals surface area contributed by atoms with Crippen LogP contribution in [-0.4, -0.2) is 9.78 Å². The van der Waals surface area contributed by atoms with E-state index in [9.17, 15) is 0 Å². The first-order valence-electron chi connectivity index (χ1n) is 4.28. The molecule has 0 spiro atoms. The Morgan fingerprint density at radius 3 is 2.67 bits per heavy atom. The van der Waals surface area contributed by atoms with Gasteiger partial charge in [0.25, 0.3) is 0 Å². The third-order valence-corrected chi connectivity index (χ3v) is 3.22. The van der Waals surface area contributed by atoms with Gasteiger partial charge in [0.2, 0.25) is 0 Å². The first-order valence-corrected chi connectivity index (χ1v) is 6.24. The van der Waals surface area contributed by atoms with Gasteiger partial charge in [0, 0.05) is 15.7 Å². The van der Waals surface area contributed by atoms with Gasteiger partial charge in [-0.3, -0.25) is 4.68 Å². The van der Waals surface area contributed by atoms with Gasteiger partial charge in [-0.2, -0.15) is 5.10 Å². The third-order valence-electron chi connectivity index (χ3n) is 1.96. The van der Waals surface area contributed by atoms with Gasteiger partial charge in [-0.25, -0.2) is 0 Å². The van der Waals surface area contributed by atoms with Crippen LogP contribution in [0.2, 0.25) is 5.02 Å². The van der Waals surface area contributed by atoms with Gasteiger partial charge >= 0.3 is 0 Å². The van der Waals surface area contributed by atoms with Crippen molar-refractivity contribution in [1.82, 2.24) is 9.78 Å². The summed E-state index contributed by atoms with van der Waals surface area (Å²) in [5, 5.41) is 4.98. The lowest BCUT2D eigenvalue weighted by atomic mass is 10.2. The van der Waals surface area contributed by atoms with E-state index in [2.05, 4.69) is 37.0 Å². The summed E-state index contributed by atoms with van der Waals surface area (Å²) in [4.78, 5) is 0. The molecule has 0 saturated heterocycles. The van der Waals surface area contributed by atoms with Gasteiger partial charge in [0.15, 0.2) is 0 Å². The number of benzene rings is 1. The summed E-state index contributed by atoms with van der Waals surface area (Å²) in [6, 6.07) is 7.74. The molecule has 0 bridgehead atoms. The highest BCUT2D eigenvalue weighted by Gasteiger charge is 2.02. The van der Waals surface area contributed by atoms with E-state index in [-0.39, 0.29) is 0 Å². The van der Waals surface area contributed by atoms with Crippen molar-refractivity contribution in [3.63, 3.8) is 0 Å². The molecule has 1 aromatic carbocycles. The lowest BCUT2D eigenvalue weighted by Gasteiger charge is -2.04. The number of halogens is 3. The standard InChI is InChI=1S/C10H7Br2ClN2/c11-8-2-1-7(9(13)5-8)6-15-4-3-10(12)14-15/h1-5H,6H2. The van der Waals surface area contributed by atoms with Gasteiger partial charge in [-0.1, -0.05) is 33.6 Å². The molecule has 2 rings (SSSR count). The van der Waals surface area contributed by atoms with Crippen LogP contribution >= 0.6 is 43.5 Å². The van der Waals surface area contributed by atoms with E-state index < -0.39 is 0 Å². The summed E-state index contributed by atoms with van der Waals surface area (Å²) >= 11 is 12.8. The molecule has 15 heavy (non-hydrogen) atoms. The van der Waals surface area contributed by atoms with Crippen LogP contribution in [0, 0.1) is 0 Å². The van der Waals surface area contributed by atoms with Crippen molar-refractivity contribution in [2.24, 2.45) is 0 Å². The topological polar surface area (TPSA) is 17.8 Å². The minimum Gasteiger partial charge on any atom is -0.267 e. The average Bonchev–Trinajstić information content (AvgIpc) is 2.56. The van der Waals surface area contributed by atoms with Crippen molar-refractivity contribution < 1.29 is 0 Å². The monoisotopic (exact) mass is 348 g/mol. The van der Waals surface area contributed by atoms with Crippen LogP contribution in [0.1, 0.15) is 5.56 Å². The Labute approximate surface area is 109 Å². The van der Waals surface area contributed by atoms with Gasteiger partial charge in [0.05, 0.1) is 6.54 Å². The van der Waals surface area contributed by atoms with Crippen LogP contribution in [-0.2, 0) is 6.54 Å². The summed E-state index contributed by atoms with van der Waals surface area (Å²) < 4.78 is 3.65. The molecule has 0 saturated carbocycles. The second-order valence-electron chi connectivity index (χ2n) is 3.07. The number of rotatable bonds is 2. The molecular formula is C10H7Br2ClN2. The van der Waals surface area contributed by atoms with E-state index in [1.807, 2.05) is 35.1 Å². The van der Waals surface area contributed by atoms with Crippen molar-refractivity contribution in [1.29, 1.82) is 0 Å². The van der Waals surface area contributed by atoms with Crippen molar-refractivity contribution in [2.75, 3.05) is 0 Å². The number of hydrogen-bond donors (Lipinski definition) is 0. The number of hydrogen-bond acceptors (Lipinski definition) is 1. The van der Waals surface area contributed by atoms with E-state index in [1.54, 1.807) is 0 Å². The maximum absolute atomic E-state index is 6.10. The van der Waals surface area contributed by atoms with Crippen molar-refractivity contribution in [2.45, 2.75) is 6.54 Å². The van der Waals surface area contributed by atoms with Crippen LogP contribution < -0.4 is 0 Å². The summed E-state index contributed by atoms with van der Waals surface area (Å²) in [5.74, 6) is 0. The minimum atomic E-state index is 0.678. The fourth-order valence-corrected chi connectivity index (χ4v) is 2.30. The first kappa shape index (κ1) is 11.2. The van der Waals surface area contributed by atoms with Gasteiger partial charge < -0.3 is 0 Å². The lowest BCUT2D eigenvalue weighted by Crippen LogP contribution is -2.00. The predicted octanol–water partition coefficient (Wildman–Crippen LogP) is 4.11. The SMILES string of the molecule is Clc1cc(Br)ccc1Cn1ccc(Br)n1. The Bertz CT molecular complexity index is 482. The zero-order valence-corrected chi connectivity index (χ0v) is 11.6. The lowest BCUT2D eigenvalue weighted by molar-refractivity contribution is 0.682. The Hall–Kier alpha value is -0.320. The van der Waals surface area contributed by atoms with Gasteiger partial charge in [-0.15, -0.1) is 0 Å². The fourth-order valence-electron chi connectivity index (χ4n) is 1.25.